The molecule has 0 aliphatic carbocycles. The number of hydrogen-bond donors (Lipinski definition) is 1. The average molecular weight is 441 g/mol. The number of benzene rings is 2. The molecule has 0 aromatic heterocycles. The van der Waals surface area contributed by atoms with Crippen LogP contribution in [0, 0.1) is 17.0 Å². The Morgan fingerprint density at radius 3 is 2.53 bits per heavy atom. The van der Waals surface area contributed by atoms with Gasteiger partial charge in [-0.05, 0) is 36.6 Å². The van der Waals surface area contributed by atoms with E-state index in [-0.39, 0.29) is 36.4 Å². The predicted molar refractivity (Wildman–Crippen MR) is 121 cm³/mol. The van der Waals surface area contributed by atoms with Crippen molar-refractivity contribution < 1.29 is 19.2 Å². The number of piperazine rings is 1. The first kappa shape index (κ1) is 23.2. The highest BCUT2D eigenvalue weighted by Crippen LogP contribution is 2.27. The van der Waals surface area contributed by atoms with Gasteiger partial charge in [0.25, 0.3) is 5.91 Å². The van der Waals surface area contributed by atoms with E-state index in [1.54, 1.807) is 24.0 Å². The number of carbonyl (C=O) groups excluding carboxylic acids is 2. The van der Waals surface area contributed by atoms with Crippen LogP contribution in [0.4, 0.5) is 11.4 Å². The van der Waals surface area contributed by atoms with E-state index in [1.165, 1.54) is 6.07 Å². The zero-order valence-electron chi connectivity index (χ0n) is 18.4. The fraction of sp³-hybridized carbons (Fsp3) is 0.391. The van der Waals surface area contributed by atoms with Crippen molar-refractivity contribution in [3.8, 4) is 5.75 Å². The molecule has 1 fully saturated rings. The average Bonchev–Trinajstić information content (AvgIpc) is 2.78. The van der Waals surface area contributed by atoms with Gasteiger partial charge in [0.1, 0.15) is 0 Å². The second kappa shape index (κ2) is 10.7. The minimum Gasteiger partial charge on any atom is -0.477 e. The summed E-state index contributed by atoms with van der Waals surface area (Å²) in [5.41, 5.74) is 2.57. The van der Waals surface area contributed by atoms with Crippen molar-refractivity contribution >= 4 is 23.2 Å². The summed E-state index contributed by atoms with van der Waals surface area (Å²) >= 11 is 0. The lowest BCUT2D eigenvalue weighted by Crippen LogP contribution is -2.51. The minimum absolute atomic E-state index is 0.0826. The van der Waals surface area contributed by atoms with Crippen LogP contribution in [0.15, 0.2) is 42.5 Å². The van der Waals surface area contributed by atoms with Crippen molar-refractivity contribution in [3.63, 3.8) is 0 Å². The molecule has 0 bridgehead atoms. The van der Waals surface area contributed by atoms with Crippen LogP contribution in [0.5, 0.6) is 5.75 Å². The summed E-state index contributed by atoms with van der Waals surface area (Å²) in [6.45, 7) is 5.91. The van der Waals surface area contributed by atoms with Crippen LogP contribution in [0.2, 0.25) is 0 Å². The Balaban J connectivity index is 1.46. The van der Waals surface area contributed by atoms with E-state index in [1.807, 2.05) is 36.1 Å². The maximum atomic E-state index is 12.5. The molecule has 3 rings (SSSR count). The van der Waals surface area contributed by atoms with Gasteiger partial charge < -0.3 is 15.0 Å². The SMILES string of the molecule is CCc1ccccc1NC(=O)CN1CCN(C(=O)COc2cc(C)ccc2[N+](=O)[O-])CC1. The lowest BCUT2D eigenvalue weighted by atomic mass is 10.1. The number of hydrogen-bond acceptors (Lipinski definition) is 6. The van der Waals surface area contributed by atoms with Gasteiger partial charge >= 0.3 is 5.69 Å². The summed E-state index contributed by atoms with van der Waals surface area (Å²) in [5.74, 6) is -0.228. The number of nitrogens with one attached hydrogen (secondary N) is 1. The fourth-order valence-electron chi connectivity index (χ4n) is 3.62. The van der Waals surface area contributed by atoms with Gasteiger partial charge in [-0.15, -0.1) is 0 Å². The van der Waals surface area contributed by atoms with Gasteiger partial charge in [-0.1, -0.05) is 31.2 Å². The van der Waals surface area contributed by atoms with Crippen molar-refractivity contribution in [2.75, 3.05) is 44.6 Å². The summed E-state index contributed by atoms with van der Waals surface area (Å²) in [6, 6.07) is 12.3. The number of ether oxygens (including phenoxy) is 1. The van der Waals surface area contributed by atoms with Crippen LogP contribution >= 0.6 is 0 Å². The third kappa shape index (κ3) is 6.04. The number of nitro benzene ring substituents is 1. The first-order valence-corrected chi connectivity index (χ1v) is 10.6. The molecular weight excluding hydrogens is 412 g/mol. The number of nitro groups is 1. The number of carbonyl (C=O) groups is 2. The Morgan fingerprint density at radius 1 is 1.12 bits per heavy atom. The number of para-hydroxylation sites is 1. The van der Waals surface area contributed by atoms with Crippen LogP contribution in [0.3, 0.4) is 0 Å². The summed E-state index contributed by atoms with van der Waals surface area (Å²) < 4.78 is 5.46. The van der Waals surface area contributed by atoms with Gasteiger partial charge in [0, 0.05) is 37.9 Å². The minimum atomic E-state index is -0.526. The summed E-state index contributed by atoms with van der Waals surface area (Å²) in [7, 11) is 0. The molecule has 2 aromatic rings. The first-order valence-electron chi connectivity index (χ1n) is 10.6. The van der Waals surface area contributed by atoms with E-state index in [9.17, 15) is 19.7 Å². The molecule has 0 spiro atoms. The number of amides is 2. The molecule has 170 valence electrons. The van der Waals surface area contributed by atoms with Gasteiger partial charge in [-0.2, -0.15) is 0 Å². The van der Waals surface area contributed by atoms with Crippen LogP contribution in [0.25, 0.3) is 0 Å². The third-order valence-electron chi connectivity index (χ3n) is 5.43. The number of anilines is 1. The molecule has 1 saturated heterocycles. The summed E-state index contributed by atoms with van der Waals surface area (Å²) in [5, 5.41) is 14.1. The second-order valence-electron chi connectivity index (χ2n) is 7.73. The van der Waals surface area contributed by atoms with E-state index in [0.717, 1.165) is 23.2 Å². The largest absolute Gasteiger partial charge is 0.477 e. The van der Waals surface area contributed by atoms with E-state index in [0.29, 0.717) is 26.2 Å². The molecule has 1 heterocycles. The molecule has 1 aliphatic heterocycles. The van der Waals surface area contributed by atoms with E-state index in [2.05, 4.69) is 5.32 Å². The van der Waals surface area contributed by atoms with Crippen LogP contribution < -0.4 is 10.1 Å². The van der Waals surface area contributed by atoms with Gasteiger partial charge in [-0.3, -0.25) is 24.6 Å². The van der Waals surface area contributed by atoms with Gasteiger partial charge in [0.05, 0.1) is 11.5 Å². The molecule has 0 radical (unpaired) electrons. The third-order valence-corrected chi connectivity index (χ3v) is 5.43. The van der Waals surface area contributed by atoms with Crippen molar-refractivity contribution in [1.82, 2.24) is 9.80 Å². The van der Waals surface area contributed by atoms with Crippen molar-refractivity contribution in [3.05, 3.63) is 63.7 Å². The lowest BCUT2D eigenvalue weighted by molar-refractivity contribution is -0.385. The maximum absolute atomic E-state index is 12.5. The molecule has 2 amide bonds. The Bertz CT molecular complexity index is 986. The highest BCUT2D eigenvalue weighted by molar-refractivity contribution is 5.93. The Hall–Kier alpha value is -3.46. The summed E-state index contributed by atoms with van der Waals surface area (Å²) in [6.07, 6.45) is 0.838. The molecule has 32 heavy (non-hydrogen) atoms. The highest BCUT2D eigenvalue weighted by Gasteiger charge is 2.24. The summed E-state index contributed by atoms with van der Waals surface area (Å²) in [4.78, 5) is 39.2. The van der Waals surface area contributed by atoms with Crippen LogP contribution in [-0.2, 0) is 16.0 Å². The van der Waals surface area contributed by atoms with Gasteiger partial charge in [0.2, 0.25) is 5.91 Å². The monoisotopic (exact) mass is 440 g/mol. The molecule has 0 saturated carbocycles. The number of nitrogens with zero attached hydrogens (tertiary/aromatic N) is 3. The molecule has 0 atom stereocenters. The van der Waals surface area contributed by atoms with Crippen molar-refractivity contribution in [1.29, 1.82) is 0 Å². The standard InChI is InChI=1S/C23H28N4O5/c1-3-18-6-4-5-7-19(18)24-22(28)15-25-10-12-26(13-11-25)23(29)16-32-21-14-17(2)8-9-20(21)27(30)31/h4-9,14H,3,10-13,15-16H2,1-2H3,(H,24,28). The molecule has 1 aliphatic rings. The van der Waals surface area contributed by atoms with E-state index in [4.69, 9.17) is 4.74 Å². The lowest BCUT2D eigenvalue weighted by Gasteiger charge is -2.34. The van der Waals surface area contributed by atoms with Crippen molar-refractivity contribution in [2.24, 2.45) is 0 Å². The normalized spacial score (nSPS) is 14.1. The fourth-order valence-corrected chi connectivity index (χ4v) is 3.62. The highest BCUT2D eigenvalue weighted by atomic mass is 16.6. The topological polar surface area (TPSA) is 105 Å². The Morgan fingerprint density at radius 2 is 1.84 bits per heavy atom. The number of rotatable bonds is 8. The number of aryl methyl sites for hydroxylation is 2. The van der Waals surface area contributed by atoms with Crippen LogP contribution in [0.1, 0.15) is 18.1 Å². The molecular formula is C23H28N4O5. The first-order chi connectivity index (χ1) is 15.4. The van der Waals surface area contributed by atoms with Crippen molar-refractivity contribution in [2.45, 2.75) is 20.3 Å². The quantitative estimate of drug-likeness (QED) is 0.500. The van der Waals surface area contributed by atoms with Gasteiger partial charge in [0.15, 0.2) is 12.4 Å². The van der Waals surface area contributed by atoms with Crippen LogP contribution in [-0.4, -0.2) is 65.9 Å². The Labute approximate surface area is 187 Å². The zero-order chi connectivity index (χ0) is 23.1. The molecule has 0 unspecified atom stereocenters. The molecule has 1 N–H and O–H groups in total. The van der Waals surface area contributed by atoms with E-state index < -0.39 is 4.92 Å². The smallest absolute Gasteiger partial charge is 0.310 e. The maximum Gasteiger partial charge on any atom is 0.310 e. The molecule has 9 nitrogen and oxygen atoms in total. The second-order valence-corrected chi connectivity index (χ2v) is 7.73. The molecule has 9 heteroatoms. The van der Waals surface area contributed by atoms with E-state index >= 15 is 0 Å². The Kier molecular flexibility index (Phi) is 7.77. The van der Waals surface area contributed by atoms with Gasteiger partial charge in [-0.25, -0.2) is 0 Å². The molecule has 2 aromatic carbocycles. The predicted octanol–water partition coefficient (Wildman–Crippen LogP) is 2.63. The zero-order valence-corrected chi connectivity index (χ0v) is 18.4.